The molecular weight excluding hydrogens is 600 g/mol. The van der Waals surface area contributed by atoms with Gasteiger partial charge in [0.1, 0.15) is 0 Å². The Morgan fingerprint density at radius 2 is 0.717 bits per heavy atom. The van der Waals surface area contributed by atoms with Crippen molar-refractivity contribution in [3.05, 3.63) is 148 Å². The molecule has 46 heavy (non-hydrogen) atoms. The van der Waals surface area contributed by atoms with Crippen molar-refractivity contribution < 1.29 is 29.3 Å². The van der Waals surface area contributed by atoms with Gasteiger partial charge in [0, 0.05) is 45.5 Å². The minimum absolute atomic E-state index is 0.0152. The monoisotopic (exact) mass is 614 g/mol. The SMILES string of the molecule is O=C1c2ccc(-c3ccc(-c4ccc5c(c4)-c4c(cc([N+](=O)[O-])cc4[N+](=O)[O-])C5=O)cc3)cc2-c2c1cc([N+](=O)[O-])cc2[N+](=O)[O-]. The van der Waals surface area contributed by atoms with Crippen LogP contribution in [0.4, 0.5) is 22.7 Å². The Kier molecular flexibility index (Phi) is 5.92. The van der Waals surface area contributed by atoms with Crippen LogP contribution in [0, 0.1) is 40.5 Å². The number of non-ortho nitro benzene ring substituents is 2. The van der Waals surface area contributed by atoms with E-state index in [1.165, 1.54) is 12.1 Å². The lowest BCUT2D eigenvalue weighted by Crippen LogP contribution is -1.99. The van der Waals surface area contributed by atoms with E-state index in [4.69, 9.17) is 0 Å². The highest BCUT2D eigenvalue weighted by Gasteiger charge is 2.37. The highest BCUT2D eigenvalue weighted by atomic mass is 16.6. The molecule has 0 fully saturated rings. The Balaban J connectivity index is 1.27. The molecule has 14 heteroatoms. The molecule has 0 N–H and O–H groups in total. The average molecular weight is 614 g/mol. The lowest BCUT2D eigenvalue weighted by Gasteiger charge is -2.09. The summed E-state index contributed by atoms with van der Waals surface area (Å²) in [6.07, 6.45) is 0. The van der Waals surface area contributed by atoms with Crippen molar-refractivity contribution >= 4 is 34.3 Å². The van der Waals surface area contributed by atoms with Gasteiger partial charge in [0.25, 0.3) is 22.7 Å². The fraction of sp³-hybridized carbons (Fsp3) is 0. The minimum atomic E-state index is -0.790. The van der Waals surface area contributed by atoms with Crippen LogP contribution in [-0.2, 0) is 0 Å². The second-order valence-electron chi connectivity index (χ2n) is 10.6. The van der Waals surface area contributed by atoms with Crippen LogP contribution in [0.5, 0.6) is 0 Å². The first-order chi connectivity index (χ1) is 21.9. The highest BCUT2D eigenvalue weighted by Crippen LogP contribution is 2.47. The van der Waals surface area contributed by atoms with E-state index in [2.05, 4.69) is 0 Å². The molecule has 0 saturated heterocycles. The zero-order valence-electron chi connectivity index (χ0n) is 23.0. The van der Waals surface area contributed by atoms with Crippen molar-refractivity contribution in [2.24, 2.45) is 0 Å². The largest absolute Gasteiger partial charge is 0.289 e. The molecule has 0 aliphatic heterocycles. The number of fused-ring (bicyclic) bond motifs is 6. The van der Waals surface area contributed by atoms with Crippen LogP contribution >= 0.6 is 0 Å². The van der Waals surface area contributed by atoms with E-state index in [-0.39, 0.29) is 44.5 Å². The predicted octanol–water partition coefficient (Wildman–Crippen LogP) is 7.08. The van der Waals surface area contributed by atoms with E-state index >= 15 is 0 Å². The summed E-state index contributed by atoms with van der Waals surface area (Å²) in [6, 6.07) is 20.4. The first kappa shape index (κ1) is 27.8. The van der Waals surface area contributed by atoms with Crippen molar-refractivity contribution in [3.8, 4) is 44.5 Å². The maximum atomic E-state index is 13.0. The summed E-state index contributed by atoms with van der Waals surface area (Å²) in [6.45, 7) is 0. The minimum Gasteiger partial charge on any atom is -0.289 e. The number of nitrogens with zero attached hydrogens (tertiary/aromatic N) is 4. The maximum Gasteiger partial charge on any atom is 0.284 e. The van der Waals surface area contributed by atoms with Gasteiger partial charge >= 0.3 is 0 Å². The Hall–Kier alpha value is -6.96. The summed E-state index contributed by atoms with van der Waals surface area (Å²) in [5, 5.41) is 46.3. The van der Waals surface area contributed by atoms with Crippen LogP contribution in [0.1, 0.15) is 31.8 Å². The fourth-order valence-corrected chi connectivity index (χ4v) is 6.05. The number of ketones is 2. The molecule has 0 bridgehead atoms. The van der Waals surface area contributed by atoms with Crippen molar-refractivity contribution in [3.63, 3.8) is 0 Å². The first-order valence-corrected chi connectivity index (χ1v) is 13.4. The topological polar surface area (TPSA) is 207 Å². The Bertz CT molecular complexity index is 2150. The highest BCUT2D eigenvalue weighted by molar-refractivity contribution is 6.24. The normalized spacial score (nSPS) is 12.3. The second-order valence-corrected chi connectivity index (χ2v) is 10.6. The standard InChI is InChI=1S/C32H14N4O10/c37-31-21-7-5-17(9-23(21)29-25(31)11-19(33(39)40)13-27(29)35(43)44)15-1-2-16(4-3-15)18-6-8-22-24(10-18)30-26(32(22)38)12-20(34(41)42)14-28(30)36(45)46/h1-14H. The number of carbonyl (C=O) groups is 2. The number of rotatable bonds is 6. The molecule has 0 radical (unpaired) electrons. The number of nitro benzene ring substituents is 4. The third-order valence-electron chi connectivity index (χ3n) is 8.13. The van der Waals surface area contributed by atoms with Gasteiger partial charge in [0.15, 0.2) is 11.6 Å². The summed E-state index contributed by atoms with van der Waals surface area (Å²) in [4.78, 5) is 69.3. The maximum absolute atomic E-state index is 13.0. The van der Waals surface area contributed by atoms with Gasteiger partial charge in [-0.2, -0.15) is 0 Å². The van der Waals surface area contributed by atoms with E-state index in [0.29, 0.717) is 22.3 Å². The van der Waals surface area contributed by atoms with E-state index in [9.17, 15) is 50.0 Å². The van der Waals surface area contributed by atoms with Gasteiger partial charge in [-0.25, -0.2) is 0 Å². The molecule has 5 aromatic rings. The van der Waals surface area contributed by atoms with Gasteiger partial charge in [-0.1, -0.05) is 36.4 Å². The van der Waals surface area contributed by atoms with Crippen molar-refractivity contribution in [1.82, 2.24) is 0 Å². The Morgan fingerprint density at radius 3 is 1.04 bits per heavy atom. The summed E-state index contributed by atoms with van der Waals surface area (Å²) < 4.78 is 0. The molecule has 2 aliphatic rings. The van der Waals surface area contributed by atoms with E-state index < -0.39 is 54.0 Å². The third kappa shape index (κ3) is 4.05. The molecule has 0 aromatic heterocycles. The molecule has 0 spiro atoms. The molecule has 7 rings (SSSR count). The zero-order valence-corrected chi connectivity index (χ0v) is 23.0. The summed E-state index contributed by atoms with van der Waals surface area (Å²) in [5.41, 5.74) is 1.13. The molecule has 0 heterocycles. The number of benzene rings is 5. The summed E-state index contributed by atoms with van der Waals surface area (Å²) in [7, 11) is 0. The molecule has 0 atom stereocenters. The molecular formula is C32H14N4O10. The lowest BCUT2D eigenvalue weighted by molar-refractivity contribution is -0.394. The number of nitro groups is 4. The number of hydrogen-bond donors (Lipinski definition) is 0. The third-order valence-corrected chi connectivity index (χ3v) is 8.13. The lowest BCUT2D eigenvalue weighted by atomic mass is 9.94. The number of hydrogen-bond acceptors (Lipinski definition) is 10. The van der Waals surface area contributed by atoms with Gasteiger partial charge in [0.05, 0.1) is 43.0 Å². The smallest absolute Gasteiger partial charge is 0.284 e. The molecule has 222 valence electrons. The molecule has 0 amide bonds. The van der Waals surface area contributed by atoms with Gasteiger partial charge in [-0.15, -0.1) is 0 Å². The Labute approximate surface area is 255 Å². The van der Waals surface area contributed by atoms with Crippen LogP contribution in [-0.4, -0.2) is 31.3 Å². The van der Waals surface area contributed by atoms with E-state index in [0.717, 1.165) is 24.3 Å². The molecule has 2 aliphatic carbocycles. The Morgan fingerprint density at radius 1 is 0.370 bits per heavy atom. The van der Waals surface area contributed by atoms with E-state index in [1.54, 1.807) is 48.5 Å². The van der Waals surface area contributed by atoms with Crippen LogP contribution in [0.25, 0.3) is 44.5 Å². The van der Waals surface area contributed by atoms with Gasteiger partial charge in [-0.05, 0) is 46.5 Å². The summed E-state index contributed by atoms with van der Waals surface area (Å²) >= 11 is 0. The molecule has 0 saturated carbocycles. The quantitative estimate of drug-likeness (QED) is 0.137. The second kappa shape index (κ2) is 9.78. The summed E-state index contributed by atoms with van der Waals surface area (Å²) in [5.74, 6) is -1.10. The first-order valence-electron chi connectivity index (χ1n) is 13.4. The fourth-order valence-electron chi connectivity index (χ4n) is 6.05. The molecule has 14 nitrogen and oxygen atoms in total. The van der Waals surface area contributed by atoms with Crippen LogP contribution in [0.3, 0.4) is 0 Å². The van der Waals surface area contributed by atoms with Crippen molar-refractivity contribution in [2.75, 3.05) is 0 Å². The predicted molar refractivity (Wildman–Crippen MR) is 162 cm³/mol. The molecule has 0 unspecified atom stereocenters. The number of carbonyl (C=O) groups excluding carboxylic acids is 2. The van der Waals surface area contributed by atoms with Crippen molar-refractivity contribution in [1.29, 1.82) is 0 Å². The van der Waals surface area contributed by atoms with Gasteiger partial charge in [-0.3, -0.25) is 50.0 Å². The molecule has 5 aromatic carbocycles. The van der Waals surface area contributed by atoms with E-state index in [1.807, 2.05) is 0 Å². The van der Waals surface area contributed by atoms with Crippen LogP contribution < -0.4 is 0 Å². The average Bonchev–Trinajstić information content (AvgIpc) is 3.49. The van der Waals surface area contributed by atoms with Crippen LogP contribution in [0.15, 0.2) is 84.9 Å². The zero-order chi connectivity index (χ0) is 32.6. The van der Waals surface area contributed by atoms with Gasteiger partial charge in [0.2, 0.25) is 0 Å². The van der Waals surface area contributed by atoms with Crippen LogP contribution in [0.2, 0.25) is 0 Å². The van der Waals surface area contributed by atoms with Crippen molar-refractivity contribution in [2.45, 2.75) is 0 Å². The van der Waals surface area contributed by atoms with Gasteiger partial charge < -0.3 is 0 Å².